The molecule has 11 heterocycles. The number of rotatable bonds is 11. The van der Waals surface area contributed by atoms with E-state index in [0.29, 0.717) is 113 Å². The number of alkyl halides is 1. The topological polar surface area (TPSA) is 158 Å². The van der Waals surface area contributed by atoms with Gasteiger partial charge in [-0.25, -0.2) is 12.8 Å². The molecule has 11 aliphatic heterocycles. The first kappa shape index (κ1) is 128. The van der Waals surface area contributed by atoms with E-state index in [1.807, 2.05) is 19.0 Å². The quantitative estimate of drug-likeness (QED) is 0.179. The summed E-state index contributed by atoms with van der Waals surface area (Å²) in [4.78, 5) is 39.1. The molecule has 11 fully saturated rings. The van der Waals surface area contributed by atoms with Gasteiger partial charge in [-0.2, -0.15) is 4.31 Å². The maximum absolute atomic E-state index is 13.6. The fourth-order valence-corrected chi connectivity index (χ4v) is 19.9. The van der Waals surface area contributed by atoms with Gasteiger partial charge in [-0.1, -0.05) is 6.92 Å². The van der Waals surface area contributed by atoms with Crippen LogP contribution < -0.4 is 16.4 Å². The monoisotopic (exact) mass is 1890 g/mol. The van der Waals surface area contributed by atoms with Crippen LogP contribution in [0.1, 0.15) is 301 Å². The third-order valence-electron chi connectivity index (χ3n) is 28.8. The predicted molar refractivity (Wildman–Crippen MR) is 569 cm³/mol. The van der Waals surface area contributed by atoms with E-state index < -0.39 is 16.2 Å². The number of nitrogens with one attached hydrogen (secondary N) is 2. The summed E-state index contributed by atoms with van der Waals surface area (Å²) in [5.74, 6) is 0. The van der Waals surface area contributed by atoms with Crippen LogP contribution in [-0.2, 0) is 19.5 Å². The molecule has 0 amide bonds. The summed E-state index contributed by atoms with van der Waals surface area (Å²) in [6.45, 7) is 115. The fraction of sp³-hybridized carbons (Fsp3) is 1.00. The second kappa shape index (κ2) is 61.1. The molecule has 4 N–H and O–H groups in total. The molecule has 0 radical (unpaired) electrons. The van der Waals surface area contributed by atoms with Crippen molar-refractivity contribution in [2.24, 2.45) is 5.73 Å². The number of piperidine rings is 3. The molecular weight excluding hydrogens is 1660 g/mol. The van der Waals surface area contributed by atoms with Crippen LogP contribution in [0.4, 0.5) is 4.39 Å². The Kier molecular flexibility index (Phi) is 59.7. The van der Waals surface area contributed by atoms with Crippen molar-refractivity contribution in [2.75, 3.05) is 259 Å². The maximum Gasteiger partial charge on any atom is 0.211 e. The van der Waals surface area contributed by atoms with Gasteiger partial charge in [0.15, 0.2) is 0 Å². The average molecular weight is 1890 g/mol. The Morgan fingerprint density at radius 2 is 0.725 bits per heavy atom. The first-order valence-electron chi connectivity index (χ1n) is 52.7. The van der Waals surface area contributed by atoms with Crippen molar-refractivity contribution in [2.45, 2.75) is 430 Å². The highest BCUT2D eigenvalue weighted by molar-refractivity contribution is 7.88. The number of sulfonamides is 1. The lowest BCUT2D eigenvalue weighted by atomic mass is 9.98. The van der Waals surface area contributed by atoms with Gasteiger partial charge in [0, 0.05) is 301 Å². The number of likely N-dealkylation sites (N-methyl/N-ethyl adjacent to an activating group) is 2. The van der Waals surface area contributed by atoms with Crippen LogP contribution in [0.2, 0.25) is 0 Å². The highest BCUT2D eigenvalue weighted by Gasteiger charge is 2.37. The molecule has 0 spiro atoms. The first-order valence-corrected chi connectivity index (χ1v) is 54.6. The molecular formula is C105H229FN20O4S. The van der Waals surface area contributed by atoms with Crippen LogP contribution in [0.25, 0.3) is 0 Å². The van der Waals surface area contributed by atoms with Gasteiger partial charge in [0.05, 0.1) is 25.1 Å². The van der Waals surface area contributed by atoms with Crippen LogP contribution in [0.3, 0.4) is 0 Å². The number of likely N-dealkylation sites (tertiary alicyclic amines) is 5. The number of nitrogens with zero attached hydrogens (tertiary/aromatic N) is 17. The Labute approximate surface area is 815 Å². The number of hydrogen-bond acceptors (Lipinski definition) is 23. The van der Waals surface area contributed by atoms with Crippen molar-refractivity contribution in [3.05, 3.63) is 0 Å². The first-order chi connectivity index (χ1) is 60.0. The van der Waals surface area contributed by atoms with Crippen LogP contribution >= 0.6 is 0 Å². The summed E-state index contributed by atoms with van der Waals surface area (Å²) in [5, 5.41) is 6.87. The van der Waals surface area contributed by atoms with Crippen molar-refractivity contribution in [1.82, 2.24) is 93.3 Å². The lowest BCUT2D eigenvalue weighted by Crippen LogP contribution is -2.55. The molecule has 0 aromatic heterocycles. The molecule has 0 aromatic carbocycles. The minimum Gasteiger partial charge on any atom is -0.380 e. The Balaban J connectivity index is 0.000000721. The van der Waals surface area contributed by atoms with Gasteiger partial charge >= 0.3 is 0 Å². The van der Waals surface area contributed by atoms with Gasteiger partial charge in [0.2, 0.25) is 10.0 Å². The third kappa shape index (κ3) is 53.6. The highest BCUT2D eigenvalue weighted by Crippen LogP contribution is 2.28. The minimum atomic E-state index is -2.99. The predicted octanol–water partition coefficient (Wildman–Crippen LogP) is 14.2. The van der Waals surface area contributed by atoms with E-state index in [-0.39, 0.29) is 11.6 Å². The van der Waals surface area contributed by atoms with Crippen LogP contribution in [0.5, 0.6) is 0 Å². The van der Waals surface area contributed by atoms with Gasteiger partial charge in [-0.15, -0.1) is 0 Å². The molecule has 131 heavy (non-hydrogen) atoms. The lowest BCUT2D eigenvalue weighted by Gasteiger charge is -2.43. The Hall–Kier alpha value is -1.00. The zero-order valence-corrected chi connectivity index (χ0v) is 96.2. The zero-order valence-electron chi connectivity index (χ0n) is 95.3. The van der Waals surface area contributed by atoms with Crippen molar-refractivity contribution in [1.29, 1.82) is 0 Å². The standard InChI is InChI=1S/2C11H24N2.C10H21FN2.3C10H22N2.C9H20N2O2S.C9H20N2.C9H19NO.C8H18N2.C8H17NO/c1-11(2,3)13-8-6-10(7-9-13)12(4)5;1-10(2)12-6-8-13(9-7-12)11(3,4)5;1-8(2)13-6-5-10(12(3)4)9(11)7-13;1-10(2,3)12-7-6-9(8-12)11(4)5;1-10(2,3)12-7-5-9(11-4)6-8-12;1-5-11-6-8-12(9-7-11)10(2,3)4;1-9(2,3)10-5-7-11(8-6-10)14(4,12)13;1-7(2)11-5-8(3)10-9(4)6-11;1-7(2)10-5-8(3)11-9(4)6-10;1-8(2,3)10-5-4-7(9)6-10;1-8(2)9-4-3-6-10-7-5-9/h2*10H,6-9H2,1-5H3;8-10H,5-7H2,1-4H3;9H,6-8H2,1-5H3;9,11H,5-8H2,1-4H3;5-9H2,1-4H3;5-8H2,1-4H3;7-10H,5-6H2,1-4H3;7-9H,5-6H2,1-4H3;7H,4-6,9H2,1-3H3;8H,3-7H2,1-2H3/t;;9-,10+;9-;;;;2*8-,9+;7-;/m..00.....1./s1. The Bertz CT molecular complexity index is 2820. The number of nitrogens with two attached hydrogens (primary N) is 1. The average Bonchev–Trinajstić information content (AvgIpc) is 1.74. The molecule has 0 aliphatic carbocycles. The number of halogens is 1. The molecule has 0 unspecified atom stereocenters. The van der Waals surface area contributed by atoms with E-state index in [4.69, 9.17) is 15.2 Å². The van der Waals surface area contributed by atoms with Crippen LogP contribution in [0, 0.1) is 0 Å². The van der Waals surface area contributed by atoms with Gasteiger partial charge < -0.3 is 45.4 Å². The number of ether oxygens (including phenoxy) is 2. The molecule has 11 saturated heterocycles. The van der Waals surface area contributed by atoms with Crippen LogP contribution in [0.15, 0.2) is 0 Å². The summed E-state index contributed by atoms with van der Waals surface area (Å²) in [6, 6.07) is 7.39. The summed E-state index contributed by atoms with van der Waals surface area (Å²) in [6.07, 6.45) is 11.3. The van der Waals surface area contributed by atoms with Crippen molar-refractivity contribution < 1.29 is 22.3 Å². The van der Waals surface area contributed by atoms with Crippen molar-refractivity contribution >= 4 is 10.0 Å². The molecule has 0 aromatic rings. The normalized spacial score (nSPS) is 26.5. The zero-order chi connectivity index (χ0) is 101. The maximum atomic E-state index is 13.6. The molecule has 786 valence electrons. The largest absolute Gasteiger partial charge is 0.380 e. The molecule has 24 nitrogen and oxygen atoms in total. The Morgan fingerprint density at radius 1 is 0.382 bits per heavy atom. The van der Waals surface area contributed by atoms with E-state index in [1.165, 1.54) is 169 Å². The van der Waals surface area contributed by atoms with Gasteiger partial charge in [-0.05, 0) is 350 Å². The van der Waals surface area contributed by atoms with E-state index in [0.717, 1.165) is 90.0 Å². The number of morpholine rings is 1. The van der Waals surface area contributed by atoms with E-state index in [2.05, 4.69) is 369 Å². The second-order valence-electron chi connectivity index (χ2n) is 49.3. The van der Waals surface area contributed by atoms with Gasteiger partial charge in [0.25, 0.3) is 0 Å². The molecule has 11 aliphatic rings. The SMILES string of the molecule is CC(C)(C)N1CCN(S(C)(=O)=O)CC1.CC(C)(C)N1CC[C@@H](N)C1.CC(C)N1CCCOCC1.CC(C)N1CCN(C(C)(C)C)CC1.CC(C)N1CC[C@@H](N(C)C)[C@@H](F)C1.CC(C)N1C[C@@H](C)N[C@@H](C)C1.CC(C)N1C[C@@H](C)O[C@@H](C)C1.CCN1CCN(C(C)(C)C)CC1.CN(C)C1CCN(C(C)(C)C)CC1.CN(C)[C@H]1CCN(C(C)(C)C)C1.CNC1CCN(C(C)(C)C)CC1. The number of hydrogen-bond donors (Lipinski definition) is 3. The molecule has 8 atom stereocenters. The highest BCUT2D eigenvalue weighted by atomic mass is 32.2. The van der Waals surface area contributed by atoms with E-state index in [9.17, 15) is 12.8 Å². The Morgan fingerprint density at radius 3 is 1.05 bits per heavy atom. The van der Waals surface area contributed by atoms with E-state index >= 15 is 0 Å². The lowest BCUT2D eigenvalue weighted by molar-refractivity contribution is -0.0764. The summed E-state index contributed by atoms with van der Waals surface area (Å²) < 4.78 is 48.6. The second-order valence-corrected chi connectivity index (χ2v) is 51.3. The fourth-order valence-electron chi connectivity index (χ4n) is 19.1. The van der Waals surface area contributed by atoms with Crippen molar-refractivity contribution in [3.63, 3.8) is 0 Å². The summed E-state index contributed by atoms with van der Waals surface area (Å²) >= 11 is 0. The van der Waals surface area contributed by atoms with Gasteiger partial charge in [-0.3, -0.25) is 58.8 Å². The van der Waals surface area contributed by atoms with Crippen molar-refractivity contribution in [3.8, 4) is 0 Å². The number of piperazine rings is 4. The molecule has 11 rings (SSSR count). The third-order valence-corrected chi connectivity index (χ3v) is 30.1. The molecule has 0 saturated carbocycles. The van der Waals surface area contributed by atoms with E-state index in [1.54, 1.807) is 4.31 Å². The summed E-state index contributed by atoms with van der Waals surface area (Å²) in [5.41, 5.74) is 8.02. The summed E-state index contributed by atoms with van der Waals surface area (Å²) in [7, 11) is 11.7. The van der Waals surface area contributed by atoms with Gasteiger partial charge in [0.1, 0.15) is 6.17 Å². The molecule has 26 heteroatoms. The van der Waals surface area contributed by atoms with Crippen LogP contribution in [-0.4, -0.2) is 479 Å². The minimum absolute atomic E-state index is 0.120. The molecule has 0 bridgehead atoms. The smallest absolute Gasteiger partial charge is 0.211 e.